The summed E-state index contributed by atoms with van der Waals surface area (Å²) >= 11 is 0. The third-order valence-corrected chi connectivity index (χ3v) is 4.48. The molecule has 1 aliphatic heterocycles. The van der Waals surface area contributed by atoms with Crippen molar-refractivity contribution in [3.8, 4) is 5.69 Å². The van der Waals surface area contributed by atoms with Crippen molar-refractivity contribution >= 4 is 5.91 Å². The summed E-state index contributed by atoms with van der Waals surface area (Å²) in [6, 6.07) is 5.75. The van der Waals surface area contributed by atoms with E-state index in [0.29, 0.717) is 5.56 Å². The summed E-state index contributed by atoms with van der Waals surface area (Å²) < 4.78 is 7.05. The number of nitrogens with one attached hydrogen (secondary N) is 1. The summed E-state index contributed by atoms with van der Waals surface area (Å²) in [5.74, 6) is -0.0392. The molecule has 25 heavy (non-hydrogen) atoms. The molecular weight excluding hydrogens is 318 g/mol. The SMILES string of the molecule is Cc1cc(C(=O)N[C@@H](C)CCN2CCOCC2)ccc1-n1cncn1. The van der Waals surface area contributed by atoms with Gasteiger partial charge in [-0.15, -0.1) is 0 Å². The van der Waals surface area contributed by atoms with Gasteiger partial charge in [-0.2, -0.15) is 5.10 Å². The van der Waals surface area contributed by atoms with Gasteiger partial charge in [0.25, 0.3) is 5.91 Å². The second kappa shape index (κ2) is 8.22. The van der Waals surface area contributed by atoms with E-state index in [-0.39, 0.29) is 11.9 Å². The molecule has 0 radical (unpaired) electrons. The maximum Gasteiger partial charge on any atom is 0.251 e. The van der Waals surface area contributed by atoms with Crippen LogP contribution in [-0.2, 0) is 4.74 Å². The van der Waals surface area contributed by atoms with Crippen molar-refractivity contribution < 1.29 is 9.53 Å². The molecule has 1 N–H and O–H groups in total. The van der Waals surface area contributed by atoms with E-state index < -0.39 is 0 Å². The van der Waals surface area contributed by atoms with Crippen LogP contribution in [0, 0.1) is 6.92 Å². The van der Waals surface area contributed by atoms with E-state index in [9.17, 15) is 4.79 Å². The lowest BCUT2D eigenvalue weighted by Gasteiger charge is -2.27. The van der Waals surface area contributed by atoms with Gasteiger partial charge in [0.1, 0.15) is 12.7 Å². The van der Waals surface area contributed by atoms with E-state index in [2.05, 4.69) is 27.2 Å². The molecular formula is C18H25N5O2. The van der Waals surface area contributed by atoms with Crippen molar-refractivity contribution in [3.05, 3.63) is 42.0 Å². The minimum absolute atomic E-state index is 0.0392. The molecule has 1 amide bonds. The Hall–Kier alpha value is -2.25. The quantitative estimate of drug-likeness (QED) is 0.859. The molecule has 3 rings (SSSR count). The predicted molar refractivity (Wildman–Crippen MR) is 94.9 cm³/mol. The van der Waals surface area contributed by atoms with E-state index in [1.54, 1.807) is 11.0 Å². The van der Waals surface area contributed by atoms with Crippen LogP contribution in [-0.4, -0.2) is 64.5 Å². The highest BCUT2D eigenvalue weighted by Gasteiger charge is 2.14. The maximum atomic E-state index is 12.5. The number of carbonyl (C=O) groups is 1. The van der Waals surface area contributed by atoms with Crippen molar-refractivity contribution in [2.45, 2.75) is 26.3 Å². The lowest BCUT2D eigenvalue weighted by atomic mass is 10.1. The van der Waals surface area contributed by atoms with Crippen LogP contribution in [0.2, 0.25) is 0 Å². The molecule has 1 fully saturated rings. The first-order valence-electron chi connectivity index (χ1n) is 8.70. The summed E-state index contributed by atoms with van der Waals surface area (Å²) in [5, 5.41) is 7.22. The molecule has 1 saturated heterocycles. The molecule has 1 atom stereocenters. The van der Waals surface area contributed by atoms with Gasteiger partial charge < -0.3 is 10.1 Å². The minimum Gasteiger partial charge on any atom is -0.379 e. The number of ether oxygens (including phenoxy) is 1. The van der Waals surface area contributed by atoms with Crippen LogP contribution in [0.1, 0.15) is 29.3 Å². The highest BCUT2D eigenvalue weighted by molar-refractivity contribution is 5.94. The monoisotopic (exact) mass is 343 g/mol. The van der Waals surface area contributed by atoms with Crippen molar-refractivity contribution in [1.29, 1.82) is 0 Å². The standard InChI is InChI=1S/C18H25N5O2/c1-14-11-16(3-4-17(14)23-13-19-12-20-23)18(24)21-15(2)5-6-22-7-9-25-10-8-22/h3-4,11-13,15H,5-10H2,1-2H3,(H,21,24)/t15-/m0/s1. The second-order valence-corrected chi connectivity index (χ2v) is 6.46. The van der Waals surface area contributed by atoms with E-state index in [4.69, 9.17) is 4.74 Å². The van der Waals surface area contributed by atoms with Gasteiger partial charge in [-0.3, -0.25) is 9.69 Å². The topological polar surface area (TPSA) is 72.3 Å². The molecule has 1 aromatic carbocycles. The molecule has 0 aliphatic carbocycles. The normalized spacial score (nSPS) is 16.6. The van der Waals surface area contributed by atoms with Crippen LogP contribution in [0.25, 0.3) is 5.69 Å². The Morgan fingerprint density at radius 1 is 1.36 bits per heavy atom. The third-order valence-electron chi connectivity index (χ3n) is 4.48. The van der Waals surface area contributed by atoms with Crippen LogP contribution in [0.5, 0.6) is 0 Å². The van der Waals surface area contributed by atoms with Crippen LogP contribution >= 0.6 is 0 Å². The summed E-state index contributed by atoms with van der Waals surface area (Å²) in [5.41, 5.74) is 2.58. The van der Waals surface area contributed by atoms with Crippen molar-refractivity contribution in [3.63, 3.8) is 0 Å². The van der Waals surface area contributed by atoms with Crippen molar-refractivity contribution in [2.75, 3.05) is 32.8 Å². The fraction of sp³-hybridized carbons (Fsp3) is 0.500. The molecule has 0 bridgehead atoms. The molecule has 7 nitrogen and oxygen atoms in total. The van der Waals surface area contributed by atoms with Gasteiger partial charge in [0.05, 0.1) is 18.9 Å². The number of carbonyl (C=O) groups excluding carboxylic acids is 1. The van der Waals surface area contributed by atoms with Gasteiger partial charge in [-0.25, -0.2) is 9.67 Å². The molecule has 1 aromatic heterocycles. The first kappa shape index (κ1) is 17.6. The molecule has 134 valence electrons. The number of amides is 1. The highest BCUT2D eigenvalue weighted by atomic mass is 16.5. The molecule has 7 heteroatoms. The Balaban J connectivity index is 1.54. The average molecular weight is 343 g/mol. The lowest BCUT2D eigenvalue weighted by Crippen LogP contribution is -2.40. The first-order valence-corrected chi connectivity index (χ1v) is 8.70. The van der Waals surface area contributed by atoms with E-state index in [1.165, 1.54) is 6.33 Å². The number of nitrogens with zero attached hydrogens (tertiary/aromatic N) is 4. The van der Waals surface area contributed by atoms with E-state index in [1.807, 2.05) is 25.1 Å². The van der Waals surface area contributed by atoms with Crippen LogP contribution in [0.3, 0.4) is 0 Å². The summed E-state index contributed by atoms with van der Waals surface area (Å²) in [7, 11) is 0. The van der Waals surface area contributed by atoms with Gasteiger partial charge in [-0.05, 0) is 44.0 Å². The summed E-state index contributed by atoms with van der Waals surface area (Å²) in [4.78, 5) is 18.8. The molecule has 2 heterocycles. The fourth-order valence-corrected chi connectivity index (χ4v) is 2.97. The number of benzene rings is 1. The van der Waals surface area contributed by atoms with E-state index >= 15 is 0 Å². The molecule has 0 spiro atoms. The van der Waals surface area contributed by atoms with Gasteiger partial charge in [0.2, 0.25) is 0 Å². The average Bonchev–Trinajstić information content (AvgIpc) is 3.15. The zero-order chi connectivity index (χ0) is 17.6. The highest BCUT2D eigenvalue weighted by Crippen LogP contribution is 2.15. The zero-order valence-electron chi connectivity index (χ0n) is 14.8. The Labute approximate surface area is 148 Å². The van der Waals surface area contributed by atoms with Gasteiger partial charge in [-0.1, -0.05) is 0 Å². The smallest absolute Gasteiger partial charge is 0.251 e. The van der Waals surface area contributed by atoms with Crippen LogP contribution in [0.4, 0.5) is 0 Å². The van der Waals surface area contributed by atoms with Crippen LogP contribution < -0.4 is 5.32 Å². The fourth-order valence-electron chi connectivity index (χ4n) is 2.97. The molecule has 2 aromatic rings. The minimum atomic E-state index is -0.0392. The first-order chi connectivity index (χ1) is 12.1. The Morgan fingerprint density at radius 2 is 2.16 bits per heavy atom. The Bertz CT molecular complexity index is 695. The predicted octanol–water partition coefficient (Wildman–Crippen LogP) is 1.42. The third kappa shape index (κ3) is 4.64. The van der Waals surface area contributed by atoms with E-state index in [0.717, 1.165) is 50.5 Å². The molecule has 1 aliphatic rings. The van der Waals surface area contributed by atoms with Crippen molar-refractivity contribution in [2.24, 2.45) is 0 Å². The van der Waals surface area contributed by atoms with Crippen LogP contribution in [0.15, 0.2) is 30.9 Å². The summed E-state index contributed by atoms with van der Waals surface area (Å²) in [6.45, 7) is 8.56. The Kier molecular flexibility index (Phi) is 5.78. The number of hydrogen-bond donors (Lipinski definition) is 1. The Morgan fingerprint density at radius 3 is 2.84 bits per heavy atom. The van der Waals surface area contributed by atoms with Gasteiger partial charge in [0, 0.05) is 31.2 Å². The molecule has 0 saturated carbocycles. The largest absolute Gasteiger partial charge is 0.379 e. The second-order valence-electron chi connectivity index (χ2n) is 6.46. The molecule has 0 unspecified atom stereocenters. The zero-order valence-corrected chi connectivity index (χ0v) is 14.8. The number of morpholine rings is 1. The number of aryl methyl sites for hydroxylation is 1. The van der Waals surface area contributed by atoms with Crippen molar-refractivity contribution in [1.82, 2.24) is 25.0 Å². The van der Waals surface area contributed by atoms with Gasteiger partial charge in [0.15, 0.2) is 0 Å². The summed E-state index contributed by atoms with van der Waals surface area (Å²) in [6.07, 6.45) is 4.08. The number of aromatic nitrogens is 3. The number of rotatable bonds is 6. The van der Waals surface area contributed by atoms with Gasteiger partial charge >= 0.3 is 0 Å². The number of hydrogen-bond acceptors (Lipinski definition) is 5. The maximum absolute atomic E-state index is 12.5. The lowest BCUT2D eigenvalue weighted by molar-refractivity contribution is 0.0363.